The smallest absolute Gasteiger partial charge is 0.341 e. The molecule has 6 nitrogen and oxygen atoms in total. The molecule has 2 heterocycles. The quantitative estimate of drug-likeness (QED) is 0.876. The van der Waals surface area contributed by atoms with Crippen molar-refractivity contribution in [3.8, 4) is 0 Å². The van der Waals surface area contributed by atoms with Gasteiger partial charge in [-0.25, -0.2) is 4.98 Å². The fourth-order valence-electron chi connectivity index (χ4n) is 3.27. The minimum absolute atomic E-state index is 0.0431. The lowest BCUT2D eigenvalue weighted by Crippen LogP contribution is -2.50. The average Bonchev–Trinajstić information content (AvgIpc) is 3.29. The summed E-state index contributed by atoms with van der Waals surface area (Å²) >= 11 is 0. The van der Waals surface area contributed by atoms with E-state index in [1.165, 1.54) is 14.0 Å². The number of nitrogens with zero attached hydrogens (tertiary/aromatic N) is 4. The van der Waals surface area contributed by atoms with Gasteiger partial charge in [0.1, 0.15) is 5.82 Å². The van der Waals surface area contributed by atoms with Crippen LogP contribution in [0.25, 0.3) is 0 Å². The molecule has 0 bridgehead atoms. The number of aromatic amines is 1. The van der Waals surface area contributed by atoms with Crippen LogP contribution in [0.1, 0.15) is 56.1 Å². The lowest BCUT2D eigenvalue weighted by atomic mass is 9.96. The van der Waals surface area contributed by atoms with Crippen molar-refractivity contribution in [1.29, 1.82) is 0 Å². The number of halogens is 3. The van der Waals surface area contributed by atoms with Gasteiger partial charge in [0.2, 0.25) is 5.91 Å². The van der Waals surface area contributed by atoms with E-state index in [0.717, 1.165) is 42.2 Å². The van der Waals surface area contributed by atoms with Crippen LogP contribution in [-0.2, 0) is 4.79 Å². The fraction of sp³-hybridized carbons (Fsp3) is 0.812. The Morgan fingerprint density at radius 3 is 2.72 bits per heavy atom. The first kappa shape index (κ1) is 18.2. The first-order chi connectivity index (χ1) is 11.7. The van der Waals surface area contributed by atoms with Crippen LogP contribution >= 0.6 is 0 Å². The summed E-state index contributed by atoms with van der Waals surface area (Å²) in [4.78, 5) is 19.8. The Morgan fingerprint density at radius 1 is 1.36 bits per heavy atom. The Kier molecular flexibility index (Phi) is 5.04. The Balaban J connectivity index is 1.60. The van der Waals surface area contributed by atoms with Gasteiger partial charge in [0, 0.05) is 24.9 Å². The lowest BCUT2D eigenvalue weighted by molar-refractivity contribution is -0.155. The van der Waals surface area contributed by atoms with E-state index in [9.17, 15) is 18.0 Å². The predicted molar refractivity (Wildman–Crippen MR) is 85.1 cm³/mol. The molecule has 0 aromatic carbocycles. The molecule has 1 saturated carbocycles. The van der Waals surface area contributed by atoms with Gasteiger partial charge >= 0.3 is 6.18 Å². The van der Waals surface area contributed by atoms with Crippen molar-refractivity contribution in [3.63, 3.8) is 0 Å². The number of carbonyl (C=O) groups excluding carboxylic acids is 1. The highest BCUT2D eigenvalue weighted by atomic mass is 19.4. The summed E-state index contributed by atoms with van der Waals surface area (Å²) in [5, 5.41) is 7.27. The zero-order chi connectivity index (χ0) is 18.2. The van der Waals surface area contributed by atoms with Crippen molar-refractivity contribution in [2.75, 3.05) is 26.7 Å². The van der Waals surface area contributed by atoms with Crippen LogP contribution in [0.3, 0.4) is 0 Å². The first-order valence-corrected chi connectivity index (χ1v) is 8.72. The van der Waals surface area contributed by atoms with E-state index in [2.05, 4.69) is 15.2 Å². The van der Waals surface area contributed by atoms with E-state index in [0.29, 0.717) is 19.0 Å². The maximum absolute atomic E-state index is 12.6. The van der Waals surface area contributed by atoms with Gasteiger partial charge in [0.15, 0.2) is 5.82 Å². The maximum atomic E-state index is 12.6. The van der Waals surface area contributed by atoms with Crippen LogP contribution in [0.4, 0.5) is 13.2 Å². The van der Waals surface area contributed by atoms with Crippen LogP contribution in [-0.4, -0.2) is 69.8 Å². The third-order valence-corrected chi connectivity index (χ3v) is 5.03. The molecule has 1 aliphatic carbocycles. The summed E-state index contributed by atoms with van der Waals surface area (Å²) in [6, 6.07) is -0.811. The molecule has 1 saturated heterocycles. The number of H-pyrrole nitrogens is 1. The number of carbonyl (C=O) groups is 1. The van der Waals surface area contributed by atoms with Crippen molar-refractivity contribution >= 4 is 5.91 Å². The number of alkyl halides is 3. The molecule has 1 N–H and O–H groups in total. The van der Waals surface area contributed by atoms with E-state index in [-0.39, 0.29) is 11.8 Å². The Hall–Kier alpha value is -1.64. The summed E-state index contributed by atoms with van der Waals surface area (Å²) in [6.07, 6.45) is -0.357. The standard InChI is InChI=1S/C16H24F3N5O/c1-10(23(2)9-16(17,18)19)15(25)24-7-3-4-12(8-24)14-20-13(21-22-14)11-5-6-11/h10-12H,3-9H2,1-2H3,(H,20,21,22). The molecule has 1 aromatic rings. The zero-order valence-electron chi connectivity index (χ0n) is 14.5. The molecule has 1 aromatic heterocycles. The summed E-state index contributed by atoms with van der Waals surface area (Å²) < 4.78 is 37.6. The summed E-state index contributed by atoms with van der Waals surface area (Å²) in [6.45, 7) is 1.46. The largest absolute Gasteiger partial charge is 0.401 e. The number of likely N-dealkylation sites (tertiary alicyclic amines) is 1. The van der Waals surface area contributed by atoms with Crippen molar-refractivity contribution in [3.05, 3.63) is 11.6 Å². The van der Waals surface area contributed by atoms with E-state index < -0.39 is 18.8 Å². The van der Waals surface area contributed by atoms with Gasteiger partial charge in [0.25, 0.3) is 0 Å². The minimum Gasteiger partial charge on any atom is -0.341 e. The number of piperidine rings is 1. The average molecular weight is 359 g/mol. The second-order valence-electron chi connectivity index (χ2n) is 7.18. The summed E-state index contributed by atoms with van der Waals surface area (Å²) in [5.41, 5.74) is 0. The van der Waals surface area contributed by atoms with Gasteiger partial charge in [-0.05, 0) is 39.7 Å². The van der Waals surface area contributed by atoms with Gasteiger partial charge in [-0.15, -0.1) is 0 Å². The maximum Gasteiger partial charge on any atom is 0.401 e. The number of nitrogens with one attached hydrogen (secondary N) is 1. The SMILES string of the molecule is CC(C(=O)N1CCCC(c2n[nH]c(C3CC3)n2)C1)N(C)CC(F)(F)F. The van der Waals surface area contributed by atoms with Crippen molar-refractivity contribution < 1.29 is 18.0 Å². The van der Waals surface area contributed by atoms with Crippen molar-refractivity contribution in [2.45, 2.75) is 56.7 Å². The molecule has 3 rings (SSSR count). The normalized spacial score (nSPS) is 23.1. The predicted octanol–water partition coefficient (Wildman–Crippen LogP) is 2.27. The second kappa shape index (κ2) is 6.93. The number of aromatic nitrogens is 3. The number of rotatable bonds is 5. The van der Waals surface area contributed by atoms with Crippen molar-refractivity contribution in [2.24, 2.45) is 0 Å². The van der Waals surface area contributed by atoms with E-state index in [4.69, 9.17) is 0 Å². The number of amides is 1. The molecule has 2 fully saturated rings. The van der Waals surface area contributed by atoms with Crippen LogP contribution < -0.4 is 0 Å². The van der Waals surface area contributed by atoms with Gasteiger partial charge < -0.3 is 4.90 Å². The summed E-state index contributed by atoms with van der Waals surface area (Å²) in [5.74, 6) is 1.89. The number of hydrogen-bond acceptors (Lipinski definition) is 4. The van der Waals surface area contributed by atoms with Crippen LogP contribution in [0, 0.1) is 0 Å². The highest BCUT2D eigenvalue weighted by molar-refractivity contribution is 5.81. The molecule has 25 heavy (non-hydrogen) atoms. The monoisotopic (exact) mass is 359 g/mol. The molecule has 0 spiro atoms. The highest BCUT2D eigenvalue weighted by Crippen LogP contribution is 2.38. The van der Waals surface area contributed by atoms with Crippen LogP contribution in [0.5, 0.6) is 0 Å². The molecule has 9 heteroatoms. The van der Waals surface area contributed by atoms with Crippen molar-refractivity contribution in [1.82, 2.24) is 25.0 Å². The van der Waals surface area contributed by atoms with Crippen LogP contribution in [0.2, 0.25) is 0 Å². The highest BCUT2D eigenvalue weighted by Gasteiger charge is 2.36. The topological polar surface area (TPSA) is 65.1 Å². The van der Waals surface area contributed by atoms with Gasteiger partial charge in [-0.1, -0.05) is 0 Å². The second-order valence-corrected chi connectivity index (χ2v) is 7.18. The minimum atomic E-state index is -4.31. The fourth-order valence-corrected chi connectivity index (χ4v) is 3.27. The van der Waals surface area contributed by atoms with E-state index >= 15 is 0 Å². The summed E-state index contributed by atoms with van der Waals surface area (Å²) in [7, 11) is 1.33. The van der Waals surface area contributed by atoms with Crippen LogP contribution in [0.15, 0.2) is 0 Å². The number of likely N-dealkylation sites (N-methyl/N-ethyl adjacent to an activating group) is 1. The molecule has 140 valence electrons. The molecule has 1 amide bonds. The third-order valence-electron chi connectivity index (χ3n) is 5.03. The molecular formula is C16H24F3N5O. The van der Waals surface area contributed by atoms with Gasteiger partial charge in [-0.3, -0.25) is 14.8 Å². The van der Waals surface area contributed by atoms with E-state index in [1.54, 1.807) is 4.90 Å². The van der Waals surface area contributed by atoms with E-state index in [1.807, 2.05) is 0 Å². The lowest BCUT2D eigenvalue weighted by Gasteiger charge is -2.35. The Bertz CT molecular complexity index is 613. The Labute approximate surface area is 144 Å². The molecule has 2 aliphatic rings. The molecule has 0 radical (unpaired) electrons. The first-order valence-electron chi connectivity index (χ1n) is 8.72. The molecule has 2 atom stereocenters. The molecule has 2 unspecified atom stereocenters. The molecular weight excluding hydrogens is 335 g/mol. The zero-order valence-corrected chi connectivity index (χ0v) is 14.5. The van der Waals surface area contributed by atoms with Gasteiger partial charge in [-0.2, -0.15) is 18.3 Å². The Morgan fingerprint density at radius 2 is 2.08 bits per heavy atom. The third kappa shape index (κ3) is 4.50. The number of hydrogen-bond donors (Lipinski definition) is 1. The van der Waals surface area contributed by atoms with Gasteiger partial charge in [0.05, 0.1) is 12.6 Å². The molecule has 1 aliphatic heterocycles.